The molecule has 0 aliphatic rings. The average molecular weight is 358 g/mol. The zero-order valence-corrected chi connectivity index (χ0v) is 14.7. The highest BCUT2D eigenvalue weighted by molar-refractivity contribution is 5.88. The summed E-state index contributed by atoms with van der Waals surface area (Å²) in [5.74, 6) is 0.973. The van der Waals surface area contributed by atoms with Crippen LogP contribution in [0.25, 0.3) is 22.3 Å². The summed E-state index contributed by atoms with van der Waals surface area (Å²) in [5.41, 5.74) is 0.362. The summed E-state index contributed by atoms with van der Waals surface area (Å²) in [5, 5.41) is 20.1. The van der Waals surface area contributed by atoms with Crippen molar-refractivity contribution >= 4 is 11.0 Å². The number of fused-ring (bicyclic) bond motifs is 1. The lowest BCUT2D eigenvalue weighted by Crippen LogP contribution is -2.02. The molecule has 0 atom stereocenters. The van der Waals surface area contributed by atoms with Gasteiger partial charge in [-0.2, -0.15) is 0 Å². The number of methoxy groups -OCH3 is 3. The Morgan fingerprint density at radius 3 is 2.08 bits per heavy atom. The van der Waals surface area contributed by atoms with E-state index >= 15 is 0 Å². The van der Waals surface area contributed by atoms with E-state index in [1.54, 1.807) is 12.1 Å². The zero-order chi connectivity index (χ0) is 19.0. The van der Waals surface area contributed by atoms with Crippen LogP contribution in [0.4, 0.5) is 0 Å². The molecule has 3 aromatic rings. The standard InChI is InChI=1S/C19H18O7/c1-9-11(20)7-14-17(18(9)22)12(21)8-13(26-14)10-5-15(23-2)19(25-4)16(6-10)24-3/h5-8,20,22H,1-4H3. The van der Waals surface area contributed by atoms with Crippen molar-refractivity contribution in [1.29, 1.82) is 0 Å². The highest BCUT2D eigenvalue weighted by atomic mass is 16.5. The number of hydrogen-bond donors (Lipinski definition) is 2. The molecule has 136 valence electrons. The lowest BCUT2D eigenvalue weighted by atomic mass is 10.1. The van der Waals surface area contributed by atoms with E-state index in [9.17, 15) is 15.0 Å². The second-order valence-corrected chi connectivity index (χ2v) is 5.63. The monoisotopic (exact) mass is 358 g/mol. The van der Waals surface area contributed by atoms with Crippen LogP contribution in [-0.4, -0.2) is 31.5 Å². The molecule has 1 heterocycles. The Hall–Kier alpha value is -3.35. The van der Waals surface area contributed by atoms with Crippen LogP contribution in [0, 0.1) is 6.92 Å². The molecule has 26 heavy (non-hydrogen) atoms. The minimum Gasteiger partial charge on any atom is -0.507 e. The SMILES string of the molecule is COc1cc(-c2cc(=O)c3c(O)c(C)c(O)cc3o2)cc(OC)c1OC. The minimum atomic E-state index is -0.435. The fraction of sp³-hybridized carbons (Fsp3) is 0.211. The molecule has 0 saturated carbocycles. The van der Waals surface area contributed by atoms with Gasteiger partial charge in [0.05, 0.1) is 21.3 Å². The summed E-state index contributed by atoms with van der Waals surface area (Å²) < 4.78 is 21.6. The van der Waals surface area contributed by atoms with Crippen LogP contribution in [0.1, 0.15) is 5.56 Å². The van der Waals surface area contributed by atoms with Gasteiger partial charge in [0.15, 0.2) is 16.9 Å². The maximum atomic E-state index is 12.5. The van der Waals surface area contributed by atoms with Crippen LogP contribution in [-0.2, 0) is 0 Å². The lowest BCUT2D eigenvalue weighted by molar-refractivity contribution is 0.324. The van der Waals surface area contributed by atoms with Crippen molar-refractivity contribution in [3.8, 4) is 40.1 Å². The van der Waals surface area contributed by atoms with Crippen molar-refractivity contribution in [2.75, 3.05) is 21.3 Å². The second kappa shape index (κ2) is 6.51. The van der Waals surface area contributed by atoms with Crippen LogP contribution in [0.2, 0.25) is 0 Å². The molecule has 0 aliphatic carbocycles. The summed E-state index contributed by atoms with van der Waals surface area (Å²) in [6, 6.07) is 5.84. The van der Waals surface area contributed by atoms with Crippen LogP contribution in [0.5, 0.6) is 28.7 Å². The molecule has 0 spiro atoms. The van der Waals surface area contributed by atoms with Crippen LogP contribution < -0.4 is 19.6 Å². The molecule has 0 amide bonds. The van der Waals surface area contributed by atoms with Gasteiger partial charge in [0, 0.05) is 23.3 Å². The number of hydrogen-bond acceptors (Lipinski definition) is 7. The smallest absolute Gasteiger partial charge is 0.203 e. The third-order valence-electron chi connectivity index (χ3n) is 4.17. The van der Waals surface area contributed by atoms with Crippen LogP contribution >= 0.6 is 0 Å². The highest BCUT2D eigenvalue weighted by Crippen LogP contribution is 2.42. The van der Waals surface area contributed by atoms with E-state index in [1.807, 2.05) is 0 Å². The first-order chi connectivity index (χ1) is 12.4. The first kappa shape index (κ1) is 17.5. The quantitative estimate of drug-likeness (QED) is 0.739. The fourth-order valence-corrected chi connectivity index (χ4v) is 2.75. The lowest BCUT2D eigenvalue weighted by Gasteiger charge is -2.14. The van der Waals surface area contributed by atoms with Crippen LogP contribution in [0.15, 0.2) is 33.5 Å². The molecule has 0 bridgehead atoms. The van der Waals surface area contributed by atoms with E-state index in [4.69, 9.17) is 18.6 Å². The number of rotatable bonds is 4. The fourth-order valence-electron chi connectivity index (χ4n) is 2.75. The second-order valence-electron chi connectivity index (χ2n) is 5.63. The topological polar surface area (TPSA) is 98.4 Å². The van der Waals surface area contributed by atoms with Gasteiger partial charge in [-0.25, -0.2) is 0 Å². The first-order valence-electron chi connectivity index (χ1n) is 7.71. The Balaban J connectivity index is 2.30. The summed E-state index contributed by atoms with van der Waals surface area (Å²) in [6.45, 7) is 1.51. The van der Waals surface area contributed by atoms with E-state index in [-0.39, 0.29) is 33.8 Å². The molecule has 2 aromatic carbocycles. The Bertz CT molecular complexity index is 1020. The van der Waals surface area contributed by atoms with Crippen molar-refractivity contribution in [2.24, 2.45) is 0 Å². The largest absolute Gasteiger partial charge is 0.507 e. The molecule has 2 N–H and O–H groups in total. The molecular weight excluding hydrogens is 340 g/mol. The molecule has 0 fully saturated rings. The van der Waals surface area contributed by atoms with Gasteiger partial charge in [0.2, 0.25) is 5.75 Å². The summed E-state index contributed by atoms with van der Waals surface area (Å²) >= 11 is 0. The van der Waals surface area contributed by atoms with E-state index in [2.05, 4.69) is 0 Å². The maximum Gasteiger partial charge on any atom is 0.203 e. The van der Waals surface area contributed by atoms with E-state index in [1.165, 1.54) is 40.4 Å². The molecular formula is C19H18O7. The van der Waals surface area contributed by atoms with Crippen molar-refractivity contribution in [3.05, 3.63) is 40.1 Å². The van der Waals surface area contributed by atoms with Gasteiger partial charge in [0.25, 0.3) is 0 Å². The predicted octanol–water partition coefficient (Wildman–Crippen LogP) is 3.21. The molecule has 3 rings (SSSR count). The number of phenolic OH excluding ortho intramolecular Hbond substituents is 2. The van der Waals surface area contributed by atoms with Crippen LogP contribution in [0.3, 0.4) is 0 Å². The number of aromatic hydroxyl groups is 2. The summed E-state index contributed by atoms with van der Waals surface area (Å²) in [4.78, 5) is 12.5. The Morgan fingerprint density at radius 2 is 1.54 bits per heavy atom. The van der Waals surface area contributed by atoms with Crippen molar-refractivity contribution in [2.45, 2.75) is 6.92 Å². The van der Waals surface area contributed by atoms with Gasteiger partial charge in [-0.1, -0.05) is 0 Å². The van der Waals surface area contributed by atoms with Gasteiger partial charge in [-0.3, -0.25) is 4.79 Å². The molecule has 1 aromatic heterocycles. The molecule has 0 aliphatic heterocycles. The first-order valence-corrected chi connectivity index (χ1v) is 7.71. The van der Waals surface area contributed by atoms with Gasteiger partial charge in [-0.05, 0) is 19.1 Å². The Kier molecular flexibility index (Phi) is 4.38. The van der Waals surface area contributed by atoms with E-state index < -0.39 is 5.43 Å². The average Bonchev–Trinajstić information content (AvgIpc) is 2.64. The number of benzene rings is 2. The van der Waals surface area contributed by atoms with Crippen molar-refractivity contribution in [3.63, 3.8) is 0 Å². The Morgan fingerprint density at radius 1 is 0.923 bits per heavy atom. The normalized spacial score (nSPS) is 10.8. The molecule has 0 radical (unpaired) electrons. The number of ether oxygens (including phenoxy) is 3. The third-order valence-corrected chi connectivity index (χ3v) is 4.17. The van der Waals surface area contributed by atoms with Gasteiger partial charge in [0.1, 0.15) is 28.2 Å². The van der Waals surface area contributed by atoms with Gasteiger partial charge < -0.3 is 28.8 Å². The molecule has 0 unspecified atom stereocenters. The number of phenols is 2. The molecule has 0 saturated heterocycles. The van der Waals surface area contributed by atoms with Gasteiger partial charge in [-0.15, -0.1) is 0 Å². The van der Waals surface area contributed by atoms with E-state index in [0.29, 0.717) is 22.8 Å². The third kappa shape index (κ3) is 2.67. The van der Waals surface area contributed by atoms with E-state index in [0.717, 1.165) is 0 Å². The van der Waals surface area contributed by atoms with Crippen molar-refractivity contribution in [1.82, 2.24) is 0 Å². The summed E-state index contributed by atoms with van der Waals surface area (Å²) in [7, 11) is 4.46. The van der Waals surface area contributed by atoms with Gasteiger partial charge >= 0.3 is 0 Å². The highest BCUT2D eigenvalue weighted by Gasteiger charge is 2.18. The minimum absolute atomic E-state index is 0.0106. The zero-order valence-electron chi connectivity index (χ0n) is 14.7. The predicted molar refractivity (Wildman–Crippen MR) is 95.6 cm³/mol. The Labute approximate surface area is 149 Å². The molecule has 7 heteroatoms. The summed E-state index contributed by atoms with van der Waals surface area (Å²) in [6.07, 6.45) is 0. The molecule has 7 nitrogen and oxygen atoms in total. The maximum absolute atomic E-state index is 12.5. The van der Waals surface area contributed by atoms with Crippen molar-refractivity contribution < 1.29 is 28.8 Å².